The van der Waals surface area contributed by atoms with Gasteiger partial charge in [-0.05, 0) is 30.5 Å². The first kappa shape index (κ1) is 25.2. The first-order chi connectivity index (χ1) is 13.4. The second kappa shape index (κ2) is 12.7. The third-order valence-corrected chi connectivity index (χ3v) is 4.14. The van der Waals surface area contributed by atoms with Gasteiger partial charge in [-0.2, -0.15) is 13.2 Å². The summed E-state index contributed by atoms with van der Waals surface area (Å²) in [6.07, 6.45) is -0.236. The molecule has 0 aliphatic rings. The number of hydrogen-bond acceptors (Lipinski definition) is 3. The zero-order valence-electron chi connectivity index (χ0n) is 16.7. The van der Waals surface area contributed by atoms with Crippen LogP contribution in [0.4, 0.5) is 13.2 Å². The number of guanidine groups is 1. The quantitative estimate of drug-likeness (QED) is 0.299. The standard InChI is InChI=1S/C19H27F3N6.HI/c1-3-10-23-18(25-12-13-28-14-26-27-17(28)4-2)24-11-9-15-5-7-16(8-6-15)19(20,21)22;/h5-8,14H,3-4,9-13H2,1-2H3,(H2,23,24,25);1H. The predicted molar refractivity (Wildman–Crippen MR) is 119 cm³/mol. The summed E-state index contributed by atoms with van der Waals surface area (Å²) >= 11 is 0. The lowest BCUT2D eigenvalue weighted by molar-refractivity contribution is -0.137. The van der Waals surface area contributed by atoms with E-state index in [1.165, 1.54) is 12.1 Å². The Labute approximate surface area is 186 Å². The van der Waals surface area contributed by atoms with Crippen molar-refractivity contribution in [3.8, 4) is 0 Å². The molecular weight excluding hydrogens is 496 g/mol. The monoisotopic (exact) mass is 524 g/mol. The molecule has 162 valence electrons. The Kier molecular flexibility index (Phi) is 11.0. The Morgan fingerprint density at radius 3 is 2.41 bits per heavy atom. The zero-order valence-corrected chi connectivity index (χ0v) is 19.0. The molecule has 0 atom stereocenters. The van der Waals surface area contributed by atoms with Crippen LogP contribution in [0.5, 0.6) is 0 Å². The molecule has 0 aliphatic carbocycles. The molecule has 0 fully saturated rings. The van der Waals surface area contributed by atoms with Gasteiger partial charge in [-0.25, -0.2) is 0 Å². The summed E-state index contributed by atoms with van der Waals surface area (Å²) in [4.78, 5) is 4.49. The van der Waals surface area contributed by atoms with Crippen LogP contribution in [0, 0.1) is 0 Å². The minimum atomic E-state index is -4.30. The predicted octanol–water partition coefficient (Wildman–Crippen LogP) is 3.67. The zero-order chi connectivity index (χ0) is 20.4. The number of aryl methyl sites for hydroxylation is 1. The maximum atomic E-state index is 12.6. The lowest BCUT2D eigenvalue weighted by Crippen LogP contribution is -2.40. The molecule has 29 heavy (non-hydrogen) atoms. The molecule has 0 bridgehead atoms. The van der Waals surface area contributed by atoms with Crippen LogP contribution in [-0.2, 0) is 25.6 Å². The second-order valence-corrected chi connectivity index (χ2v) is 6.32. The maximum Gasteiger partial charge on any atom is 0.416 e. The summed E-state index contributed by atoms with van der Waals surface area (Å²) in [6.45, 7) is 6.75. The summed E-state index contributed by atoms with van der Waals surface area (Å²) in [5.41, 5.74) is 0.212. The first-order valence-electron chi connectivity index (χ1n) is 9.49. The Balaban J connectivity index is 0.00000420. The van der Waals surface area contributed by atoms with E-state index >= 15 is 0 Å². The van der Waals surface area contributed by atoms with Crippen molar-refractivity contribution in [3.05, 3.63) is 47.5 Å². The number of nitrogens with one attached hydrogen (secondary N) is 2. The highest BCUT2D eigenvalue weighted by Gasteiger charge is 2.29. The van der Waals surface area contributed by atoms with E-state index in [-0.39, 0.29) is 24.0 Å². The van der Waals surface area contributed by atoms with Crippen molar-refractivity contribution in [3.63, 3.8) is 0 Å². The largest absolute Gasteiger partial charge is 0.416 e. The molecule has 0 unspecified atom stereocenters. The van der Waals surface area contributed by atoms with Gasteiger partial charge in [-0.3, -0.25) is 4.99 Å². The molecule has 0 spiro atoms. The fourth-order valence-electron chi connectivity index (χ4n) is 2.62. The molecule has 1 aromatic carbocycles. The minimum Gasteiger partial charge on any atom is -0.356 e. The van der Waals surface area contributed by atoms with Gasteiger partial charge in [0.2, 0.25) is 0 Å². The van der Waals surface area contributed by atoms with E-state index in [4.69, 9.17) is 0 Å². The number of nitrogens with zero attached hydrogens (tertiary/aromatic N) is 4. The molecular formula is C19H28F3IN6. The molecule has 1 aromatic heterocycles. The number of hydrogen-bond donors (Lipinski definition) is 2. The van der Waals surface area contributed by atoms with Gasteiger partial charge >= 0.3 is 6.18 Å². The Morgan fingerprint density at radius 2 is 1.79 bits per heavy atom. The number of benzene rings is 1. The molecule has 10 heteroatoms. The Morgan fingerprint density at radius 1 is 1.10 bits per heavy atom. The molecule has 6 nitrogen and oxygen atoms in total. The van der Waals surface area contributed by atoms with Crippen molar-refractivity contribution in [2.24, 2.45) is 4.99 Å². The van der Waals surface area contributed by atoms with Crippen molar-refractivity contribution in [2.75, 3.05) is 19.6 Å². The van der Waals surface area contributed by atoms with Crippen molar-refractivity contribution < 1.29 is 13.2 Å². The van der Waals surface area contributed by atoms with Crippen LogP contribution in [-0.4, -0.2) is 40.4 Å². The van der Waals surface area contributed by atoms with Crippen molar-refractivity contribution >= 4 is 29.9 Å². The topological polar surface area (TPSA) is 67.1 Å². The lowest BCUT2D eigenvalue weighted by atomic mass is 10.1. The molecule has 0 saturated carbocycles. The molecule has 2 N–H and O–H groups in total. The molecule has 0 radical (unpaired) electrons. The van der Waals surface area contributed by atoms with E-state index in [1.807, 2.05) is 18.4 Å². The summed E-state index contributed by atoms with van der Waals surface area (Å²) in [5.74, 6) is 1.63. The fraction of sp³-hybridized carbons (Fsp3) is 0.526. The summed E-state index contributed by atoms with van der Waals surface area (Å²) in [6, 6.07) is 5.26. The van der Waals surface area contributed by atoms with Gasteiger partial charge in [-0.1, -0.05) is 26.0 Å². The van der Waals surface area contributed by atoms with E-state index in [2.05, 4.69) is 25.8 Å². The van der Waals surface area contributed by atoms with Gasteiger partial charge < -0.3 is 15.2 Å². The smallest absolute Gasteiger partial charge is 0.356 e. The number of halogens is 4. The second-order valence-electron chi connectivity index (χ2n) is 6.32. The highest BCUT2D eigenvalue weighted by Crippen LogP contribution is 2.29. The average molecular weight is 524 g/mol. The number of alkyl halides is 3. The van der Waals surface area contributed by atoms with Gasteiger partial charge in [-0.15, -0.1) is 34.2 Å². The highest BCUT2D eigenvalue weighted by atomic mass is 127. The van der Waals surface area contributed by atoms with Crippen molar-refractivity contribution in [2.45, 2.75) is 45.8 Å². The van der Waals surface area contributed by atoms with E-state index in [1.54, 1.807) is 6.33 Å². The highest BCUT2D eigenvalue weighted by molar-refractivity contribution is 14.0. The van der Waals surface area contributed by atoms with Gasteiger partial charge in [0.1, 0.15) is 12.2 Å². The minimum absolute atomic E-state index is 0. The third kappa shape index (κ3) is 8.58. The molecule has 2 rings (SSSR count). The van der Waals surface area contributed by atoms with E-state index in [0.29, 0.717) is 32.0 Å². The third-order valence-electron chi connectivity index (χ3n) is 4.14. The van der Waals surface area contributed by atoms with Gasteiger partial charge in [0.15, 0.2) is 5.96 Å². The van der Waals surface area contributed by atoms with Crippen LogP contribution in [0.1, 0.15) is 37.2 Å². The van der Waals surface area contributed by atoms with Crippen LogP contribution in [0.15, 0.2) is 35.6 Å². The van der Waals surface area contributed by atoms with Crippen molar-refractivity contribution in [1.82, 2.24) is 25.4 Å². The van der Waals surface area contributed by atoms with Crippen molar-refractivity contribution in [1.29, 1.82) is 0 Å². The summed E-state index contributed by atoms with van der Waals surface area (Å²) in [5, 5.41) is 14.5. The Hall–Kier alpha value is -1.85. The van der Waals surface area contributed by atoms with Gasteiger partial charge in [0, 0.05) is 32.6 Å². The molecule has 2 aromatic rings. The van der Waals surface area contributed by atoms with E-state index < -0.39 is 11.7 Å². The fourth-order valence-corrected chi connectivity index (χ4v) is 2.62. The summed E-state index contributed by atoms with van der Waals surface area (Å²) < 4.78 is 39.8. The molecule has 1 heterocycles. The van der Waals surface area contributed by atoms with E-state index in [9.17, 15) is 13.2 Å². The van der Waals surface area contributed by atoms with Crippen LogP contribution in [0.25, 0.3) is 0 Å². The van der Waals surface area contributed by atoms with Crippen LogP contribution in [0.3, 0.4) is 0 Å². The van der Waals surface area contributed by atoms with Gasteiger partial charge in [0.05, 0.1) is 5.56 Å². The average Bonchev–Trinajstić information content (AvgIpc) is 3.13. The van der Waals surface area contributed by atoms with Crippen LogP contribution < -0.4 is 10.6 Å². The Bertz CT molecular complexity index is 743. The lowest BCUT2D eigenvalue weighted by Gasteiger charge is -2.14. The number of rotatable bonds is 9. The molecule has 0 amide bonds. The number of aromatic nitrogens is 3. The van der Waals surface area contributed by atoms with E-state index in [0.717, 1.165) is 42.9 Å². The SMILES string of the molecule is CCCN=C(NCCc1ccc(C(F)(F)F)cc1)NCCn1cnnc1CC.I. The normalized spacial score (nSPS) is 11.8. The number of aliphatic imine (C=N–C) groups is 1. The first-order valence-corrected chi connectivity index (χ1v) is 9.49. The maximum absolute atomic E-state index is 12.6. The molecule has 0 saturated heterocycles. The van der Waals surface area contributed by atoms with Crippen LogP contribution >= 0.6 is 24.0 Å². The van der Waals surface area contributed by atoms with Crippen LogP contribution in [0.2, 0.25) is 0 Å². The summed E-state index contributed by atoms with van der Waals surface area (Å²) in [7, 11) is 0. The van der Waals surface area contributed by atoms with Gasteiger partial charge in [0.25, 0.3) is 0 Å². The molecule has 0 aliphatic heterocycles.